The SMILES string of the molecule is CCNc1ccc(Cl)c(COc2ccccc2I)n1. The average molecular weight is 389 g/mol. The monoisotopic (exact) mass is 388 g/mol. The van der Waals surface area contributed by atoms with Gasteiger partial charge in [0.1, 0.15) is 18.2 Å². The van der Waals surface area contributed by atoms with Crippen molar-refractivity contribution in [3.05, 3.63) is 50.7 Å². The molecule has 0 spiro atoms. The molecular formula is C14H14ClIN2O. The highest BCUT2D eigenvalue weighted by Crippen LogP contribution is 2.23. The Kier molecular flexibility index (Phi) is 5.27. The molecule has 1 aromatic carbocycles. The molecule has 2 aromatic rings. The second-order valence-electron chi connectivity index (χ2n) is 3.87. The number of halogens is 2. The summed E-state index contributed by atoms with van der Waals surface area (Å²) in [6, 6.07) is 11.6. The summed E-state index contributed by atoms with van der Waals surface area (Å²) in [7, 11) is 0. The molecule has 19 heavy (non-hydrogen) atoms. The number of nitrogens with zero attached hydrogens (tertiary/aromatic N) is 1. The molecule has 1 heterocycles. The zero-order valence-electron chi connectivity index (χ0n) is 10.5. The van der Waals surface area contributed by atoms with Crippen LogP contribution < -0.4 is 10.1 Å². The van der Waals surface area contributed by atoms with Gasteiger partial charge in [0.2, 0.25) is 0 Å². The van der Waals surface area contributed by atoms with E-state index >= 15 is 0 Å². The first-order valence-corrected chi connectivity index (χ1v) is 7.43. The number of nitrogens with one attached hydrogen (secondary N) is 1. The summed E-state index contributed by atoms with van der Waals surface area (Å²) in [5.41, 5.74) is 0.736. The molecule has 5 heteroatoms. The van der Waals surface area contributed by atoms with Gasteiger partial charge in [0.15, 0.2) is 0 Å². The Bertz CT molecular complexity index is 563. The van der Waals surface area contributed by atoms with E-state index in [0.717, 1.165) is 27.4 Å². The van der Waals surface area contributed by atoms with Crippen molar-refractivity contribution >= 4 is 40.0 Å². The zero-order valence-corrected chi connectivity index (χ0v) is 13.4. The molecule has 0 unspecified atom stereocenters. The van der Waals surface area contributed by atoms with Crippen LogP contribution >= 0.6 is 34.2 Å². The minimum atomic E-state index is 0.359. The molecule has 0 saturated heterocycles. The number of aromatic nitrogens is 1. The predicted molar refractivity (Wildman–Crippen MR) is 86.9 cm³/mol. The molecule has 0 aliphatic heterocycles. The van der Waals surface area contributed by atoms with E-state index in [-0.39, 0.29) is 0 Å². The van der Waals surface area contributed by atoms with Crippen LogP contribution in [0.2, 0.25) is 5.02 Å². The third-order valence-electron chi connectivity index (χ3n) is 2.48. The van der Waals surface area contributed by atoms with E-state index in [1.807, 2.05) is 43.3 Å². The van der Waals surface area contributed by atoms with Gasteiger partial charge in [-0.05, 0) is 53.8 Å². The Labute approximate surface area is 131 Å². The molecule has 0 aliphatic rings. The predicted octanol–water partition coefficient (Wildman–Crippen LogP) is 4.35. The summed E-state index contributed by atoms with van der Waals surface area (Å²) >= 11 is 8.37. The molecule has 0 saturated carbocycles. The van der Waals surface area contributed by atoms with Crippen molar-refractivity contribution in [3.63, 3.8) is 0 Å². The lowest BCUT2D eigenvalue weighted by atomic mass is 10.3. The van der Waals surface area contributed by atoms with E-state index in [2.05, 4.69) is 32.9 Å². The fourth-order valence-corrected chi connectivity index (χ4v) is 2.28. The van der Waals surface area contributed by atoms with Crippen molar-refractivity contribution in [2.45, 2.75) is 13.5 Å². The van der Waals surface area contributed by atoms with Crippen molar-refractivity contribution < 1.29 is 4.74 Å². The highest BCUT2D eigenvalue weighted by Gasteiger charge is 2.06. The third-order valence-corrected chi connectivity index (χ3v) is 3.71. The zero-order chi connectivity index (χ0) is 13.7. The fourth-order valence-electron chi connectivity index (χ4n) is 1.57. The van der Waals surface area contributed by atoms with Gasteiger partial charge < -0.3 is 10.1 Å². The van der Waals surface area contributed by atoms with Gasteiger partial charge in [0.25, 0.3) is 0 Å². The minimum Gasteiger partial charge on any atom is -0.486 e. The van der Waals surface area contributed by atoms with Crippen LogP contribution in [0, 0.1) is 3.57 Å². The summed E-state index contributed by atoms with van der Waals surface area (Å²) in [5, 5.41) is 3.78. The second-order valence-corrected chi connectivity index (χ2v) is 5.44. The van der Waals surface area contributed by atoms with E-state index in [4.69, 9.17) is 16.3 Å². The summed E-state index contributed by atoms with van der Waals surface area (Å²) in [6.07, 6.45) is 0. The number of rotatable bonds is 5. The molecule has 2 rings (SSSR count). The summed E-state index contributed by atoms with van der Waals surface area (Å²) in [4.78, 5) is 4.44. The number of benzene rings is 1. The second kappa shape index (κ2) is 6.96. The van der Waals surface area contributed by atoms with Crippen LogP contribution in [0.5, 0.6) is 5.75 Å². The van der Waals surface area contributed by atoms with Crippen LogP contribution in [-0.4, -0.2) is 11.5 Å². The van der Waals surface area contributed by atoms with Crippen molar-refractivity contribution in [1.82, 2.24) is 4.98 Å². The fraction of sp³-hybridized carbons (Fsp3) is 0.214. The molecule has 0 atom stereocenters. The number of para-hydroxylation sites is 1. The van der Waals surface area contributed by atoms with Crippen molar-refractivity contribution in [2.75, 3.05) is 11.9 Å². The molecule has 0 bridgehead atoms. The lowest BCUT2D eigenvalue weighted by molar-refractivity contribution is 0.299. The lowest BCUT2D eigenvalue weighted by Crippen LogP contribution is -2.04. The molecule has 1 N–H and O–H groups in total. The topological polar surface area (TPSA) is 34.1 Å². The normalized spacial score (nSPS) is 10.3. The largest absolute Gasteiger partial charge is 0.486 e. The quantitative estimate of drug-likeness (QED) is 0.773. The van der Waals surface area contributed by atoms with Gasteiger partial charge in [0, 0.05) is 6.54 Å². The Balaban J connectivity index is 2.10. The van der Waals surface area contributed by atoms with Crippen LogP contribution in [0.1, 0.15) is 12.6 Å². The summed E-state index contributed by atoms with van der Waals surface area (Å²) in [6.45, 7) is 3.21. The summed E-state index contributed by atoms with van der Waals surface area (Å²) in [5.74, 6) is 1.66. The van der Waals surface area contributed by atoms with Crippen molar-refractivity contribution in [3.8, 4) is 5.75 Å². The first-order chi connectivity index (χ1) is 9.20. The highest BCUT2D eigenvalue weighted by molar-refractivity contribution is 14.1. The van der Waals surface area contributed by atoms with Crippen LogP contribution in [0.15, 0.2) is 36.4 Å². The maximum absolute atomic E-state index is 6.13. The van der Waals surface area contributed by atoms with Crippen LogP contribution in [0.25, 0.3) is 0 Å². The number of pyridine rings is 1. The molecule has 0 aliphatic carbocycles. The van der Waals surface area contributed by atoms with Crippen molar-refractivity contribution in [2.24, 2.45) is 0 Å². The van der Waals surface area contributed by atoms with Gasteiger partial charge in [0.05, 0.1) is 14.3 Å². The van der Waals surface area contributed by atoms with Gasteiger partial charge in [-0.1, -0.05) is 23.7 Å². The number of anilines is 1. The van der Waals surface area contributed by atoms with Crippen LogP contribution in [0.3, 0.4) is 0 Å². The molecule has 0 amide bonds. The number of hydrogen-bond donors (Lipinski definition) is 1. The molecule has 1 aromatic heterocycles. The molecular weight excluding hydrogens is 375 g/mol. The first-order valence-electron chi connectivity index (χ1n) is 5.97. The Morgan fingerprint density at radius 1 is 1.26 bits per heavy atom. The maximum atomic E-state index is 6.13. The molecule has 100 valence electrons. The smallest absolute Gasteiger partial charge is 0.133 e. The summed E-state index contributed by atoms with van der Waals surface area (Å²) < 4.78 is 6.82. The number of ether oxygens (including phenoxy) is 1. The van der Waals surface area contributed by atoms with E-state index in [1.165, 1.54) is 0 Å². The Morgan fingerprint density at radius 2 is 2.05 bits per heavy atom. The van der Waals surface area contributed by atoms with Gasteiger partial charge in [-0.25, -0.2) is 4.98 Å². The first kappa shape index (κ1) is 14.4. The van der Waals surface area contributed by atoms with Gasteiger partial charge >= 0.3 is 0 Å². The van der Waals surface area contributed by atoms with E-state index in [0.29, 0.717) is 11.6 Å². The van der Waals surface area contributed by atoms with Gasteiger partial charge in [-0.2, -0.15) is 0 Å². The van der Waals surface area contributed by atoms with Gasteiger partial charge in [-0.3, -0.25) is 0 Å². The highest BCUT2D eigenvalue weighted by atomic mass is 127. The molecule has 0 radical (unpaired) electrons. The van der Waals surface area contributed by atoms with Gasteiger partial charge in [-0.15, -0.1) is 0 Å². The van der Waals surface area contributed by atoms with Crippen LogP contribution in [0.4, 0.5) is 5.82 Å². The lowest BCUT2D eigenvalue weighted by Gasteiger charge is -2.10. The average Bonchev–Trinajstić information content (AvgIpc) is 2.41. The minimum absolute atomic E-state index is 0.359. The third kappa shape index (κ3) is 3.98. The molecule has 3 nitrogen and oxygen atoms in total. The standard InChI is InChI=1S/C14H14ClIN2O/c1-2-17-14-8-7-10(15)12(18-14)9-19-13-6-4-3-5-11(13)16/h3-8H,2,9H2,1H3,(H,17,18). The molecule has 0 fully saturated rings. The van der Waals surface area contributed by atoms with Crippen LogP contribution in [-0.2, 0) is 6.61 Å². The Hall–Kier alpha value is -1.01. The van der Waals surface area contributed by atoms with E-state index in [1.54, 1.807) is 0 Å². The maximum Gasteiger partial charge on any atom is 0.133 e. The number of hydrogen-bond acceptors (Lipinski definition) is 3. The van der Waals surface area contributed by atoms with E-state index < -0.39 is 0 Å². The Morgan fingerprint density at radius 3 is 2.79 bits per heavy atom. The van der Waals surface area contributed by atoms with Crippen molar-refractivity contribution in [1.29, 1.82) is 0 Å². The van der Waals surface area contributed by atoms with E-state index in [9.17, 15) is 0 Å².